The highest BCUT2D eigenvalue weighted by atomic mass is 16.5. The van der Waals surface area contributed by atoms with E-state index in [2.05, 4.69) is 41.8 Å². The third-order valence-corrected chi connectivity index (χ3v) is 4.69. The molecule has 1 aliphatic carbocycles. The number of benzene rings is 2. The van der Waals surface area contributed by atoms with Gasteiger partial charge in [0.25, 0.3) is 11.8 Å². The Labute approximate surface area is 146 Å². The Morgan fingerprint density at radius 1 is 1.20 bits per heavy atom. The lowest BCUT2D eigenvalue weighted by Gasteiger charge is -2.21. The van der Waals surface area contributed by atoms with E-state index in [1.807, 2.05) is 0 Å². The molecule has 1 atom stereocenters. The second kappa shape index (κ2) is 6.24. The van der Waals surface area contributed by atoms with Gasteiger partial charge in [-0.2, -0.15) is 0 Å². The molecule has 1 heterocycles. The van der Waals surface area contributed by atoms with Gasteiger partial charge in [0.2, 0.25) is 0 Å². The number of amides is 2. The van der Waals surface area contributed by atoms with Gasteiger partial charge >= 0.3 is 0 Å². The van der Waals surface area contributed by atoms with Crippen molar-refractivity contribution in [3.8, 4) is 5.75 Å². The summed E-state index contributed by atoms with van der Waals surface area (Å²) in [6.07, 6.45) is 2.27. The Morgan fingerprint density at radius 3 is 2.68 bits per heavy atom. The van der Waals surface area contributed by atoms with Crippen molar-refractivity contribution < 1.29 is 14.3 Å². The molecular formula is C20H20N2O3. The lowest BCUT2D eigenvalue weighted by molar-refractivity contribution is -0.118. The fourth-order valence-corrected chi connectivity index (χ4v) is 3.12. The summed E-state index contributed by atoms with van der Waals surface area (Å²) in [4.78, 5) is 24.1. The van der Waals surface area contributed by atoms with E-state index < -0.39 is 0 Å². The fourth-order valence-electron chi connectivity index (χ4n) is 3.12. The monoisotopic (exact) mass is 336 g/mol. The molecule has 5 nitrogen and oxygen atoms in total. The number of ether oxygens (including phenoxy) is 1. The van der Waals surface area contributed by atoms with E-state index in [4.69, 9.17) is 4.74 Å². The van der Waals surface area contributed by atoms with Crippen LogP contribution >= 0.6 is 0 Å². The van der Waals surface area contributed by atoms with Gasteiger partial charge in [0.1, 0.15) is 5.75 Å². The largest absolute Gasteiger partial charge is 0.482 e. The first-order chi connectivity index (χ1) is 12.1. The van der Waals surface area contributed by atoms with Gasteiger partial charge in [-0.25, -0.2) is 0 Å². The van der Waals surface area contributed by atoms with Crippen molar-refractivity contribution in [3.05, 3.63) is 59.2 Å². The highest BCUT2D eigenvalue weighted by Crippen LogP contribution is 2.41. The molecule has 4 rings (SSSR count). The van der Waals surface area contributed by atoms with E-state index in [0.29, 0.717) is 22.9 Å². The lowest BCUT2D eigenvalue weighted by Crippen LogP contribution is -2.30. The average molecular weight is 336 g/mol. The van der Waals surface area contributed by atoms with Crippen LogP contribution in [0.5, 0.6) is 5.75 Å². The Hall–Kier alpha value is -2.82. The van der Waals surface area contributed by atoms with Crippen LogP contribution in [0, 0.1) is 12.8 Å². The molecule has 0 saturated heterocycles. The molecule has 0 radical (unpaired) electrons. The van der Waals surface area contributed by atoms with E-state index >= 15 is 0 Å². The highest BCUT2D eigenvalue weighted by Gasteiger charge is 2.33. The lowest BCUT2D eigenvalue weighted by atomic mass is 10.0. The molecule has 2 aliphatic rings. The summed E-state index contributed by atoms with van der Waals surface area (Å²) in [5, 5.41) is 5.90. The van der Waals surface area contributed by atoms with E-state index in [1.165, 1.54) is 5.56 Å². The third kappa shape index (κ3) is 3.36. The molecule has 5 heteroatoms. The minimum Gasteiger partial charge on any atom is -0.482 e. The number of carbonyl (C=O) groups is 2. The first kappa shape index (κ1) is 15.7. The van der Waals surface area contributed by atoms with Gasteiger partial charge in [-0.1, -0.05) is 29.8 Å². The van der Waals surface area contributed by atoms with Crippen LogP contribution in [0.25, 0.3) is 0 Å². The van der Waals surface area contributed by atoms with Crippen LogP contribution in [0.2, 0.25) is 0 Å². The molecule has 128 valence electrons. The Morgan fingerprint density at radius 2 is 1.96 bits per heavy atom. The molecule has 1 aliphatic heterocycles. The molecular weight excluding hydrogens is 316 g/mol. The van der Waals surface area contributed by atoms with Crippen molar-refractivity contribution in [2.45, 2.75) is 25.8 Å². The molecule has 0 bridgehead atoms. The Kier molecular flexibility index (Phi) is 3.92. The predicted octanol–water partition coefficient (Wildman–Crippen LogP) is 3.21. The SMILES string of the molecule is Cc1ccc(C(NC(=O)c2ccc3c(c2)OCC(=O)N3)C2CC2)cc1. The molecule has 2 aromatic rings. The number of rotatable bonds is 4. The summed E-state index contributed by atoms with van der Waals surface area (Å²) < 4.78 is 5.40. The van der Waals surface area contributed by atoms with Gasteiger partial charge in [-0.05, 0) is 49.4 Å². The van der Waals surface area contributed by atoms with Crippen LogP contribution in [0.1, 0.15) is 40.4 Å². The van der Waals surface area contributed by atoms with Crippen LogP contribution in [0.3, 0.4) is 0 Å². The second-order valence-corrected chi connectivity index (χ2v) is 6.75. The third-order valence-electron chi connectivity index (χ3n) is 4.69. The molecule has 2 aromatic carbocycles. The van der Waals surface area contributed by atoms with Gasteiger partial charge in [-0.3, -0.25) is 9.59 Å². The zero-order chi connectivity index (χ0) is 17.4. The molecule has 2 amide bonds. The minimum atomic E-state index is -0.183. The highest BCUT2D eigenvalue weighted by molar-refractivity contribution is 5.99. The van der Waals surface area contributed by atoms with Gasteiger partial charge in [-0.15, -0.1) is 0 Å². The van der Waals surface area contributed by atoms with Crippen molar-refractivity contribution in [3.63, 3.8) is 0 Å². The van der Waals surface area contributed by atoms with Crippen molar-refractivity contribution >= 4 is 17.5 Å². The van der Waals surface area contributed by atoms with E-state index in [0.717, 1.165) is 18.4 Å². The molecule has 1 unspecified atom stereocenters. The number of nitrogens with one attached hydrogen (secondary N) is 2. The maximum Gasteiger partial charge on any atom is 0.262 e. The number of fused-ring (bicyclic) bond motifs is 1. The van der Waals surface area contributed by atoms with Gasteiger partial charge in [0, 0.05) is 5.56 Å². The van der Waals surface area contributed by atoms with Gasteiger partial charge in [0.05, 0.1) is 11.7 Å². The predicted molar refractivity (Wildman–Crippen MR) is 94.7 cm³/mol. The van der Waals surface area contributed by atoms with Crippen LogP contribution in [-0.4, -0.2) is 18.4 Å². The standard InChI is InChI=1S/C20H20N2O3/c1-12-2-4-13(5-3-12)19(14-6-7-14)22-20(24)15-8-9-16-17(10-15)25-11-18(23)21-16/h2-5,8-10,14,19H,6-7,11H2,1H3,(H,21,23)(H,22,24). The first-order valence-electron chi connectivity index (χ1n) is 8.54. The van der Waals surface area contributed by atoms with Gasteiger partial charge < -0.3 is 15.4 Å². The summed E-state index contributed by atoms with van der Waals surface area (Å²) in [6, 6.07) is 13.5. The zero-order valence-electron chi connectivity index (χ0n) is 14.0. The minimum absolute atomic E-state index is 0.0217. The maximum atomic E-state index is 12.7. The maximum absolute atomic E-state index is 12.7. The summed E-state index contributed by atoms with van der Waals surface area (Å²) in [5.41, 5.74) is 3.49. The van der Waals surface area contributed by atoms with Crippen LogP contribution in [0.4, 0.5) is 5.69 Å². The molecule has 1 fully saturated rings. The number of hydrogen-bond donors (Lipinski definition) is 2. The van der Waals surface area contributed by atoms with E-state index in [1.54, 1.807) is 18.2 Å². The summed E-state index contributed by atoms with van der Waals surface area (Å²) >= 11 is 0. The number of anilines is 1. The number of aryl methyl sites for hydroxylation is 1. The van der Waals surface area contributed by atoms with Crippen LogP contribution < -0.4 is 15.4 Å². The molecule has 1 saturated carbocycles. The van der Waals surface area contributed by atoms with Crippen molar-refractivity contribution in [1.82, 2.24) is 5.32 Å². The summed E-state index contributed by atoms with van der Waals surface area (Å²) in [7, 11) is 0. The van der Waals surface area contributed by atoms with Crippen LogP contribution in [-0.2, 0) is 4.79 Å². The Balaban J connectivity index is 1.54. The first-order valence-corrected chi connectivity index (χ1v) is 8.54. The van der Waals surface area contributed by atoms with E-state index in [9.17, 15) is 9.59 Å². The molecule has 0 spiro atoms. The van der Waals surface area contributed by atoms with Crippen molar-refractivity contribution in [1.29, 1.82) is 0 Å². The van der Waals surface area contributed by atoms with Crippen molar-refractivity contribution in [2.24, 2.45) is 5.92 Å². The Bertz CT molecular complexity index is 825. The number of carbonyl (C=O) groups excluding carboxylic acids is 2. The van der Waals surface area contributed by atoms with Crippen LogP contribution in [0.15, 0.2) is 42.5 Å². The quantitative estimate of drug-likeness (QED) is 0.901. The normalized spacial score (nSPS) is 17.1. The van der Waals surface area contributed by atoms with Gasteiger partial charge in [0.15, 0.2) is 6.61 Å². The second-order valence-electron chi connectivity index (χ2n) is 6.75. The zero-order valence-corrected chi connectivity index (χ0v) is 14.0. The summed E-state index contributed by atoms with van der Waals surface area (Å²) in [6.45, 7) is 2.03. The average Bonchev–Trinajstić information content (AvgIpc) is 3.45. The fraction of sp³-hybridized carbons (Fsp3) is 0.300. The smallest absolute Gasteiger partial charge is 0.262 e. The van der Waals surface area contributed by atoms with Crippen molar-refractivity contribution in [2.75, 3.05) is 11.9 Å². The molecule has 0 aromatic heterocycles. The van der Waals surface area contributed by atoms with E-state index in [-0.39, 0.29) is 24.5 Å². The summed E-state index contributed by atoms with van der Waals surface area (Å²) in [5.74, 6) is 0.726. The molecule has 25 heavy (non-hydrogen) atoms. The molecule has 2 N–H and O–H groups in total. The topological polar surface area (TPSA) is 67.4 Å². The number of hydrogen-bond acceptors (Lipinski definition) is 3.